The van der Waals surface area contributed by atoms with Gasteiger partial charge in [-0.15, -0.1) is 5.10 Å². The maximum atomic E-state index is 6.74. The molecule has 6 nitrogen and oxygen atoms in total. The van der Waals surface area contributed by atoms with Crippen LogP contribution < -0.4 is 14.8 Å². The predicted octanol–water partition coefficient (Wildman–Crippen LogP) is 7.29. The van der Waals surface area contributed by atoms with Gasteiger partial charge in [0.25, 0.3) is 0 Å². The molecule has 0 unspecified atom stereocenters. The van der Waals surface area contributed by atoms with Crippen LogP contribution in [0.5, 0.6) is 11.5 Å². The Labute approximate surface area is 226 Å². The van der Waals surface area contributed by atoms with Crippen molar-refractivity contribution in [2.75, 3.05) is 18.7 Å². The highest BCUT2D eigenvalue weighted by atomic mass is 79.9. The molecule has 0 radical (unpaired) electrons. The molecule has 3 heterocycles. The van der Waals surface area contributed by atoms with Crippen molar-refractivity contribution in [1.29, 1.82) is 0 Å². The highest BCUT2D eigenvalue weighted by molar-refractivity contribution is 9.10. The molecule has 0 saturated carbocycles. The quantitative estimate of drug-likeness (QED) is 0.255. The number of fused-ring (bicyclic) bond motifs is 3. The van der Waals surface area contributed by atoms with E-state index >= 15 is 0 Å². The molecule has 0 aliphatic carbocycles. The van der Waals surface area contributed by atoms with Gasteiger partial charge in [0.2, 0.25) is 11.1 Å². The summed E-state index contributed by atoms with van der Waals surface area (Å²) in [6.45, 7) is 2.08. The second-order valence-electron chi connectivity index (χ2n) is 8.66. The van der Waals surface area contributed by atoms with Gasteiger partial charge >= 0.3 is 0 Å². The Bertz CT molecular complexity index is 1520. The van der Waals surface area contributed by atoms with Crippen LogP contribution in [0.15, 0.2) is 75.9 Å². The topological polar surface area (TPSA) is 61.2 Å². The van der Waals surface area contributed by atoms with Gasteiger partial charge < -0.3 is 14.8 Å². The van der Waals surface area contributed by atoms with Gasteiger partial charge in [0.15, 0.2) is 6.10 Å². The van der Waals surface area contributed by atoms with E-state index in [1.807, 2.05) is 47.3 Å². The number of nitrogens with one attached hydrogen (secondary N) is 1. The normalized spacial score (nSPS) is 18.0. The Kier molecular flexibility index (Phi) is 5.98. The summed E-state index contributed by atoms with van der Waals surface area (Å²) in [5.41, 5.74) is 6.00. The lowest BCUT2D eigenvalue weighted by Gasteiger charge is -2.39. The van der Waals surface area contributed by atoms with Crippen molar-refractivity contribution in [2.45, 2.75) is 24.2 Å². The standard InChI is InChI=1S/C27H22BrClN4O2S/c1-14-4-6-15(7-5-14)24-22-23(30-26-31-27(36-3)32-33(24)26)18-13-17(29)9-11-21(18)35-25(22)19-12-16(28)8-10-20(19)34-2/h4-13,24-25H,1-3H3,(H,30,31,32)/t24-,25+/m1/s1. The van der Waals surface area contributed by atoms with Crippen LogP contribution in [0.2, 0.25) is 5.02 Å². The highest BCUT2D eigenvalue weighted by Crippen LogP contribution is 2.52. The Balaban J connectivity index is 1.66. The first kappa shape index (κ1) is 23.5. The number of nitrogens with zero attached hydrogens (tertiary/aromatic N) is 3. The molecule has 0 saturated heterocycles. The third-order valence-corrected chi connectivity index (χ3v) is 7.73. The first-order valence-electron chi connectivity index (χ1n) is 11.3. The van der Waals surface area contributed by atoms with Crippen LogP contribution >= 0.6 is 39.3 Å². The average Bonchev–Trinajstić information content (AvgIpc) is 3.31. The summed E-state index contributed by atoms with van der Waals surface area (Å²) in [6, 6.07) is 19.9. The molecule has 6 rings (SSSR count). The van der Waals surface area contributed by atoms with E-state index in [9.17, 15) is 0 Å². The summed E-state index contributed by atoms with van der Waals surface area (Å²) in [5.74, 6) is 2.15. The number of hydrogen-bond donors (Lipinski definition) is 1. The van der Waals surface area contributed by atoms with E-state index in [1.165, 1.54) is 17.3 Å². The summed E-state index contributed by atoms with van der Waals surface area (Å²) in [7, 11) is 1.68. The number of thioether (sulfide) groups is 1. The molecule has 182 valence electrons. The highest BCUT2D eigenvalue weighted by Gasteiger charge is 2.42. The number of anilines is 1. The Hall–Kier alpha value is -2.94. The summed E-state index contributed by atoms with van der Waals surface area (Å²) in [4.78, 5) is 4.76. The molecule has 2 atom stereocenters. The first-order chi connectivity index (χ1) is 17.5. The zero-order valence-corrected chi connectivity index (χ0v) is 22.9. The average molecular weight is 582 g/mol. The van der Waals surface area contributed by atoms with E-state index in [1.54, 1.807) is 7.11 Å². The van der Waals surface area contributed by atoms with E-state index in [-0.39, 0.29) is 6.04 Å². The van der Waals surface area contributed by atoms with Crippen LogP contribution in [0.3, 0.4) is 0 Å². The Morgan fingerprint density at radius 3 is 2.67 bits per heavy atom. The number of methoxy groups -OCH3 is 1. The van der Waals surface area contributed by atoms with Crippen molar-refractivity contribution in [1.82, 2.24) is 14.8 Å². The van der Waals surface area contributed by atoms with Gasteiger partial charge in [0.05, 0.1) is 12.8 Å². The molecule has 36 heavy (non-hydrogen) atoms. The third kappa shape index (κ3) is 3.88. The zero-order chi connectivity index (χ0) is 25.0. The lowest BCUT2D eigenvalue weighted by Crippen LogP contribution is -2.32. The lowest BCUT2D eigenvalue weighted by molar-refractivity contribution is 0.217. The molecule has 4 aromatic rings. The largest absolute Gasteiger partial charge is 0.496 e. The third-order valence-electron chi connectivity index (χ3n) is 6.46. The molecule has 3 aromatic carbocycles. The minimum Gasteiger partial charge on any atom is -0.496 e. The van der Waals surface area contributed by atoms with Gasteiger partial charge in [0, 0.05) is 26.2 Å². The van der Waals surface area contributed by atoms with Crippen LogP contribution in [-0.2, 0) is 0 Å². The van der Waals surface area contributed by atoms with Crippen molar-refractivity contribution in [3.8, 4) is 11.5 Å². The molecule has 0 spiro atoms. The number of hydrogen-bond acceptors (Lipinski definition) is 6. The van der Waals surface area contributed by atoms with Crippen LogP contribution in [0.1, 0.15) is 34.4 Å². The molecule has 1 aromatic heterocycles. The minimum absolute atomic E-state index is 0.258. The van der Waals surface area contributed by atoms with E-state index < -0.39 is 6.10 Å². The fourth-order valence-corrected chi connectivity index (χ4v) is 5.70. The van der Waals surface area contributed by atoms with Crippen molar-refractivity contribution in [3.63, 3.8) is 0 Å². The predicted molar refractivity (Wildman–Crippen MR) is 147 cm³/mol. The Morgan fingerprint density at radius 2 is 1.92 bits per heavy atom. The monoisotopic (exact) mass is 580 g/mol. The second-order valence-corrected chi connectivity index (χ2v) is 10.8. The number of rotatable bonds is 4. The van der Waals surface area contributed by atoms with Crippen LogP contribution in [-0.4, -0.2) is 28.1 Å². The van der Waals surface area contributed by atoms with E-state index in [0.29, 0.717) is 16.1 Å². The maximum absolute atomic E-state index is 6.74. The second kappa shape index (κ2) is 9.18. The van der Waals surface area contributed by atoms with Crippen molar-refractivity contribution < 1.29 is 9.47 Å². The fourth-order valence-electron chi connectivity index (χ4n) is 4.81. The van der Waals surface area contributed by atoms with Gasteiger partial charge in [-0.2, -0.15) is 4.98 Å². The zero-order valence-electron chi connectivity index (χ0n) is 19.8. The molecule has 0 amide bonds. The molecule has 1 N–H and O–H groups in total. The molecular formula is C27H22BrClN4O2S. The molecule has 0 fully saturated rings. The van der Waals surface area contributed by atoms with Crippen molar-refractivity contribution in [2.24, 2.45) is 0 Å². The van der Waals surface area contributed by atoms with Crippen molar-refractivity contribution in [3.05, 3.63) is 98.0 Å². The number of aromatic nitrogens is 3. The number of aryl methyl sites for hydroxylation is 1. The number of halogens is 2. The van der Waals surface area contributed by atoms with Crippen molar-refractivity contribution >= 4 is 50.9 Å². The van der Waals surface area contributed by atoms with E-state index in [2.05, 4.69) is 52.4 Å². The van der Waals surface area contributed by atoms with E-state index in [4.69, 9.17) is 31.2 Å². The van der Waals surface area contributed by atoms with Gasteiger partial charge in [-0.1, -0.05) is 69.1 Å². The Morgan fingerprint density at radius 1 is 1.11 bits per heavy atom. The first-order valence-corrected chi connectivity index (χ1v) is 13.7. The van der Waals surface area contributed by atoms with Gasteiger partial charge in [0.1, 0.15) is 17.5 Å². The van der Waals surface area contributed by atoms with Crippen LogP contribution in [0.25, 0.3) is 5.70 Å². The number of ether oxygens (including phenoxy) is 2. The van der Waals surface area contributed by atoms with Crippen LogP contribution in [0, 0.1) is 6.92 Å². The van der Waals surface area contributed by atoms with Gasteiger partial charge in [-0.3, -0.25) is 0 Å². The molecular weight excluding hydrogens is 560 g/mol. The lowest BCUT2D eigenvalue weighted by atomic mass is 9.84. The molecule has 2 aliphatic rings. The van der Waals surface area contributed by atoms with E-state index in [0.717, 1.165) is 43.9 Å². The minimum atomic E-state index is -0.449. The summed E-state index contributed by atoms with van der Waals surface area (Å²) < 4.78 is 15.4. The summed E-state index contributed by atoms with van der Waals surface area (Å²) in [5, 5.41) is 9.74. The molecule has 9 heteroatoms. The summed E-state index contributed by atoms with van der Waals surface area (Å²) in [6.07, 6.45) is 1.53. The SMILES string of the molecule is COc1ccc(Br)cc1[C@@H]1Oc2ccc(Cl)cc2C2=C1[C@@H](c1ccc(C)cc1)n1nc(SC)nc1N2. The van der Waals surface area contributed by atoms with Gasteiger partial charge in [-0.25, -0.2) is 4.68 Å². The molecule has 0 bridgehead atoms. The number of benzene rings is 3. The van der Waals surface area contributed by atoms with Crippen LogP contribution in [0.4, 0.5) is 5.95 Å². The smallest absolute Gasteiger partial charge is 0.227 e. The van der Waals surface area contributed by atoms with Gasteiger partial charge in [-0.05, 0) is 55.1 Å². The summed E-state index contributed by atoms with van der Waals surface area (Å²) >= 11 is 11.6. The molecule has 2 aliphatic heterocycles. The fraction of sp³-hybridized carbons (Fsp3) is 0.185. The maximum Gasteiger partial charge on any atom is 0.227 e.